The molecule has 0 amide bonds. The summed E-state index contributed by atoms with van der Waals surface area (Å²) in [5.74, 6) is 1.16. The minimum Gasteiger partial charge on any atom is -0.354 e. The Balaban J connectivity index is 1.47. The summed E-state index contributed by atoms with van der Waals surface area (Å²) < 4.78 is 40.2. The van der Waals surface area contributed by atoms with E-state index in [4.69, 9.17) is 4.98 Å². The predicted molar refractivity (Wildman–Crippen MR) is 110 cm³/mol. The molecule has 2 fully saturated rings. The third kappa shape index (κ3) is 4.35. The van der Waals surface area contributed by atoms with Crippen LogP contribution in [0.15, 0.2) is 35.2 Å². The van der Waals surface area contributed by atoms with Crippen LogP contribution in [0.1, 0.15) is 25.0 Å². The summed E-state index contributed by atoms with van der Waals surface area (Å²) in [7, 11) is -3.62. The normalized spacial score (nSPS) is 18.8. The van der Waals surface area contributed by atoms with Crippen LogP contribution in [0.4, 0.5) is 16.2 Å². The van der Waals surface area contributed by atoms with Crippen LogP contribution in [-0.4, -0.2) is 62.0 Å². The predicted octanol–water partition coefficient (Wildman–Crippen LogP) is 2.43. The molecule has 0 spiro atoms. The summed E-state index contributed by atoms with van der Waals surface area (Å²) in [6.07, 6.45) is 3.57. The summed E-state index contributed by atoms with van der Waals surface area (Å²) in [6, 6.07) is 6.94. The van der Waals surface area contributed by atoms with Crippen molar-refractivity contribution in [2.45, 2.75) is 31.1 Å². The van der Waals surface area contributed by atoms with Gasteiger partial charge in [-0.2, -0.15) is 9.29 Å². The van der Waals surface area contributed by atoms with Gasteiger partial charge in [0.1, 0.15) is 11.6 Å². The van der Waals surface area contributed by atoms with Crippen molar-refractivity contribution in [1.82, 2.24) is 14.3 Å². The van der Waals surface area contributed by atoms with Crippen LogP contribution < -0.4 is 9.80 Å². The van der Waals surface area contributed by atoms with Crippen LogP contribution >= 0.6 is 0 Å². The van der Waals surface area contributed by atoms with Crippen molar-refractivity contribution >= 4 is 21.8 Å². The number of benzene rings is 1. The summed E-state index contributed by atoms with van der Waals surface area (Å²) in [5.41, 5.74) is 0.914. The molecule has 2 saturated heterocycles. The van der Waals surface area contributed by atoms with Gasteiger partial charge in [0.25, 0.3) is 0 Å². The van der Waals surface area contributed by atoms with Gasteiger partial charge in [-0.15, -0.1) is 0 Å². The lowest BCUT2D eigenvalue weighted by atomic mass is 10.1. The Morgan fingerprint density at radius 1 is 0.862 bits per heavy atom. The van der Waals surface area contributed by atoms with E-state index in [0.717, 1.165) is 43.4 Å². The zero-order valence-corrected chi connectivity index (χ0v) is 17.4. The molecule has 2 aromatic rings. The molecule has 1 aromatic carbocycles. The number of piperazine rings is 1. The fourth-order valence-corrected chi connectivity index (χ4v) is 5.27. The smallest absolute Gasteiger partial charge is 0.243 e. The van der Waals surface area contributed by atoms with Crippen molar-refractivity contribution < 1.29 is 12.8 Å². The highest BCUT2D eigenvalue weighted by Gasteiger charge is 2.29. The van der Waals surface area contributed by atoms with E-state index >= 15 is 0 Å². The number of aryl methyl sites for hydroxylation is 1. The number of hydrogen-bond acceptors (Lipinski definition) is 6. The van der Waals surface area contributed by atoms with Gasteiger partial charge >= 0.3 is 0 Å². The molecule has 29 heavy (non-hydrogen) atoms. The standard InChI is InChI=1S/C20H26FN5O2S/c1-16-15-19(23-20(22-16)25-9-3-2-4-10-25)24-11-13-26(14-12-24)29(27,28)18-7-5-17(21)6-8-18/h5-8,15H,2-4,9-14H2,1H3. The third-order valence-electron chi connectivity index (χ3n) is 5.48. The topological polar surface area (TPSA) is 69.6 Å². The molecule has 0 N–H and O–H groups in total. The van der Waals surface area contributed by atoms with E-state index in [0.29, 0.717) is 26.2 Å². The summed E-state index contributed by atoms with van der Waals surface area (Å²) in [5, 5.41) is 0. The first kappa shape index (κ1) is 20.0. The Morgan fingerprint density at radius 2 is 1.52 bits per heavy atom. The Kier molecular flexibility index (Phi) is 5.69. The zero-order valence-electron chi connectivity index (χ0n) is 16.6. The maximum atomic E-state index is 13.1. The molecule has 3 heterocycles. The second kappa shape index (κ2) is 8.23. The van der Waals surface area contributed by atoms with E-state index in [1.807, 2.05) is 13.0 Å². The average molecular weight is 420 g/mol. The summed E-state index contributed by atoms with van der Waals surface area (Å²) >= 11 is 0. The maximum Gasteiger partial charge on any atom is 0.243 e. The molecule has 0 bridgehead atoms. The Bertz CT molecular complexity index is 953. The number of anilines is 2. The average Bonchev–Trinajstić information content (AvgIpc) is 2.74. The molecule has 0 atom stereocenters. The largest absolute Gasteiger partial charge is 0.354 e. The highest BCUT2D eigenvalue weighted by molar-refractivity contribution is 7.89. The van der Waals surface area contributed by atoms with E-state index in [1.165, 1.54) is 35.0 Å². The first-order valence-electron chi connectivity index (χ1n) is 10.0. The van der Waals surface area contributed by atoms with Gasteiger partial charge in [-0.3, -0.25) is 0 Å². The van der Waals surface area contributed by atoms with Crippen LogP contribution in [-0.2, 0) is 10.0 Å². The molecule has 0 radical (unpaired) electrons. The van der Waals surface area contributed by atoms with Gasteiger partial charge in [0.15, 0.2) is 0 Å². The molecule has 2 aliphatic heterocycles. The second-order valence-corrected chi connectivity index (χ2v) is 9.50. The minimum atomic E-state index is -3.62. The first-order chi connectivity index (χ1) is 13.9. The van der Waals surface area contributed by atoms with Crippen molar-refractivity contribution in [2.75, 3.05) is 49.1 Å². The quantitative estimate of drug-likeness (QED) is 0.758. The van der Waals surface area contributed by atoms with Gasteiger partial charge in [0.2, 0.25) is 16.0 Å². The highest BCUT2D eigenvalue weighted by atomic mass is 32.2. The molecular weight excluding hydrogens is 393 g/mol. The van der Waals surface area contributed by atoms with Gasteiger partial charge in [-0.05, 0) is 50.5 Å². The first-order valence-corrected chi connectivity index (χ1v) is 11.5. The van der Waals surface area contributed by atoms with E-state index in [9.17, 15) is 12.8 Å². The Hall–Kier alpha value is -2.26. The molecule has 9 heteroatoms. The fraction of sp³-hybridized carbons (Fsp3) is 0.500. The number of sulfonamides is 1. The molecule has 0 aliphatic carbocycles. The second-order valence-electron chi connectivity index (χ2n) is 7.56. The molecule has 0 unspecified atom stereocenters. The van der Waals surface area contributed by atoms with Gasteiger partial charge in [0.05, 0.1) is 4.90 Å². The molecule has 156 valence electrons. The molecular formula is C20H26FN5O2S. The lowest BCUT2D eigenvalue weighted by Crippen LogP contribution is -2.49. The van der Waals surface area contributed by atoms with Crippen molar-refractivity contribution in [3.63, 3.8) is 0 Å². The van der Waals surface area contributed by atoms with E-state index in [-0.39, 0.29) is 4.90 Å². The van der Waals surface area contributed by atoms with Crippen molar-refractivity contribution in [2.24, 2.45) is 0 Å². The lowest BCUT2D eigenvalue weighted by molar-refractivity contribution is 0.383. The highest BCUT2D eigenvalue weighted by Crippen LogP contribution is 2.23. The Labute approximate surface area is 171 Å². The van der Waals surface area contributed by atoms with Crippen molar-refractivity contribution in [3.05, 3.63) is 41.8 Å². The molecule has 0 saturated carbocycles. The van der Waals surface area contributed by atoms with Crippen LogP contribution in [0.25, 0.3) is 0 Å². The number of nitrogens with zero attached hydrogens (tertiary/aromatic N) is 5. The fourth-order valence-electron chi connectivity index (χ4n) is 3.85. The van der Waals surface area contributed by atoms with Crippen LogP contribution in [0.3, 0.4) is 0 Å². The van der Waals surface area contributed by atoms with Crippen LogP contribution in [0, 0.1) is 12.7 Å². The summed E-state index contributed by atoms with van der Waals surface area (Å²) in [6.45, 7) is 5.75. The number of aromatic nitrogens is 2. The molecule has 2 aliphatic rings. The van der Waals surface area contributed by atoms with Crippen molar-refractivity contribution in [3.8, 4) is 0 Å². The van der Waals surface area contributed by atoms with E-state index in [1.54, 1.807) is 0 Å². The Morgan fingerprint density at radius 3 is 2.17 bits per heavy atom. The van der Waals surface area contributed by atoms with Crippen molar-refractivity contribution in [1.29, 1.82) is 0 Å². The van der Waals surface area contributed by atoms with Gasteiger partial charge < -0.3 is 9.80 Å². The van der Waals surface area contributed by atoms with Gasteiger partial charge in [-0.25, -0.2) is 17.8 Å². The lowest BCUT2D eigenvalue weighted by Gasteiger charge is -2.35. The monoisotopic (exact) mass is 419 g/mol. The van der Waals surface area contributed by atoms with E-state index < -0.39 is 15.8 Å². The maximum absolute atomic E-state index is 13.1. The SMILES string of the molecule is Cc1cc(N2CCN(S(=O)(=O)c3ccc(F)cc3)CC2)nc(N2CCCCC2)n1. The minimum absolute atomic E-state index is 0.123. The molecule has 1 aromatic heterocycles. The number of rotatable bonds is 4. The molecule has 4 rings (SSSR count). The molecule has 7 nitrogen and oxygen atoms in total. The zero-order chi connectivity index (χ0) is 20.4. The van der Waals surface area contributed by atoms with Crippen LogP contribution in [0.5, 0.6) is 0 Å². The van der Waals surface area contributed by atoms with Gasteiger partial charge in [-0.1, -0.05) is 0 Å². The summed E-state index contributed by atoms with van der Waals surface area (Å²) in [4.78, 5) is 13.8. The van der Waals surface area contributed by atoms with Gasteiger partial charge in [0, 0.05) is 51.0 Å². The van der Waals surface area contributed by atoms with Crippen LogP contribution in [0.2, 0.25) is 0 Å². The number of hydrogen-bond donors (Lipinski definition) is 0. The number of piperidine rings is 1. The third-order valence-corrected chi connectivity index (χ3v) is 7.39. The van der Waals surface area contributed by atoms with E-state index in [2.05, 4.69) is 14.8 Å². The number of halogens is 1.